The van der Waals surface area contributed by atoms with Crippen LogP contribution in [-0.4, -0.2) is 32.0 Å². The summed E-state index contributed by atoms with van der Waals surface area (Å²) >= 11 is 0. The van der Waals surface area contributed by atoms with Crippen LogP contribution in [0, 0.1) is 5.41 Å². The van der Waals surface area contributed by atoms with Crippen LogP contribution in [0.2, 0.25) is 0 Å². The third-order valence-electron chi connectivity index (χ3n) is 9.51. The zero-order chi connectivity index (χ0) is 29.0. The maximum atomic E-state index is 10.2. The Kier molecular flexibility index (Phi) is 9.34. The van der Waals surface area contributed by atoms with Gasteiger partial charge in [0.15, 0.2) is 0 Å². The van der Waals surface area contributed by atoms with E-state index in [2.05, 4.69) is 127 Å². The summed E-state index contributed by atoms with van der Waals surface area (Å²) in [6, 6.07) is 28.4. The molecule has 0 radical (unpaired) electrons. The lowest BCUT2D eigenvalue weighted by Crippen LogP contribution is -2.74. The molecule has 2 unspecified atom stereocenters. The van der Waals surface area contributed by atoms with Gasteiger partial charge in [-0.2, -0.15) is 0 Å². The number of benzene rings is 3. The van der Waals surface area contributed by atoms with Gasteiger partial charge in [0.05, 0.1) is 0 Å². The van der Waals surface area contributed by atoms with E-state index in [1.807, 2.05) is 0 Å². The standard InChI is InChI=1S/C36H50O3Si/c1-8-9-12-18-28-23-24-31-32(27-28)38-34(5,6)36(25-17-26-37,35(31,7)33(2,3)4)39-40(29-19-13-10-14-20-29)30-21-15-11-16-22-30/h10-11,13-16,19-24,27,37,40H,8-9,12,17-18,25-26H2,1-7H3. The third kappa shape index (κ3) is 5.55. The highest BCUT2D eigenvalue weighted by Crippen LogP contribution is 2.62. The molecule has 3 aromatic rings. The molecule has 1 aliphatic rings. The molecule has 1 aliphatic heterocycles. The van der Waals surface area contributed by atoms with E-state index in [9.17, 15) is 5.11 Å². The molecule has 0 saturated carbocycles. The Morgan fingerprint density at radius 1 is 0.825 bits per heavy atom. The van der Waals surface area contributed by atoms with Gasteiger partial charge in [0.2, 0.25) is 9.04 Å². The molecule has 4 rings (SSSR count). The molecule has 0 spiro atoms. The molecule has 0 fully saturated rings. The smallest absolute Gasteiger partial charge is 0.240 e. The van der Waals surface area contributed by atoms with Crippen LogP contribution in [0.5, 0.6) is 5.75 Å². The Balaban J connectivity index is 1.94. The zero-order valence-corrected chi connectivity index (χ0v) is 27.0. The van der Waals surface area contributed by atoms with Gasteiger partial charge in [-0.15, -0.1) is 0 Å². The van der Waals surface area contributed by atoms with Crippen molar-refractivity contribution in [2.45, 2.75) is 104 Å². The summed E-state index contributed by atoms with van der Waals surface area (Å²) in [4.78, 5) is 0. The Bertz CT molecular complexity index is 1190. The van der Waals surface area contributed by atoms with E-state index in [0.29, 0.717) is 12.8 Å². The quantitative estimate of drug-likeness (QED) is 0.204. The highest BCUT2D eigenvalue weighted by Gasteiger charge is 2.67. The third-order valence-corrected chi connectivity index (χ3v) is 12.1. The first kappa shape index (κ1) is 30.6. The monoisotopic (exact) mass is 558 g/mol. The molecule has 4 heteroatoms. The average Bonchev–Trinajstić information content (AvgIpc) is 2.93. The molecule has 0 aromatic heterocycles. The average molecular weight is 559 g/mol. The van der Waals surface area contributed by atoms with Crippen LogP contribution in [0.1, 0.15) is 91.7 Å². The summed E-state index contributed by atoms with van der Waals surface area (Å²) in [5.41, 5.74) is 0.653. The summed E-state index contributed by atoms with van der Waals surface area (Å²) in [6.07, 6.45) is 6.07. The van der Waals surface area contributed by atoms with Crippen molar-refractivity contribution < 1.29 is 14.3 Å². The first-order valence-corrected chi connectivity index (χ1v) is 16.8. The lowest BCUT2D eigenvalue weighted by atomic mass is 9.49. The molecular formula is C36H50O3Si. The van der Waals surface area contributed by atoms with Crippen LogP contribution in [0.3, 0.4) is 0 Å². The van der Waals surface area contributed by atoms with Crippen molar-refractivity contribution in [2.24, 2.45) is 5.41 Å². The highest BCUT2D eigenvalue weighted by atomic mass is 28.3. The van der Waals surface area contributed by atoms with E-state index in [1.54, 1.807) is 0 Å². The predicted octanol–water partition coefficient (Wildman–Crippen LogP) is 6.96. The van der Waals surface area contributed by atoms with Crippen LogP contribution in [0.15, 0.2) is 78.9 Å². The maximum Gasteiger partial charge on any atom is 0.240 e. The van der Waals surface area contributed by atoms with Crippen LogP contribution < -0.4 is 15.1 Å². The van der Waals surface area contributed by atoms with Gasteiger partial charge in [-0.1, -0.05) is 120 Å². The number of aryl methyl sites for hydroxylation is 1. The summed E-state index contributed by atoms with van der Waals surface area (Å²) in [5.74, 6) is 0.984. The first-order chi connectivity index (χ1) is 19.0. The summed E-state index contributed by atoms with van der Waals surface area (Å²) in [7, 11) is -2.17. The Labute approximate surface area is 244 Å². The number of hydrogen-bond donors (Lipinski definition) is 1. The number of ether oxygens (including phenoxy) is 1. The largest absolute Gasteiger partial charge is 0.485 e. The molecule has 1 N–H and O–H groups in total. The fourth-order valence-corrected chi connectivity index (χ4v) is 9.81. The van der Waals surface area contributed by atoms with Gasteiger partial charge < -0.3 is 14.3 Å². The summed E-state index contributed by atoms with van der Waals surface area (Å²) < 4.78 is 14.8. The van der Waals surface area contributed by atoms with Crippen molar-refractivity contribution in [3.05, 3.63) is 90.0 Å². The lowest BCUT2D eigenvalue weighted by molar-refractivity contribution is -0.189. The molecule has 0 saturated heterocycles. The van der Waals surface area contributed by atoms with Gasteiger partial charge in [-0.05, 0) is 66.9 Å². The molecule has 0 aliphatic carbocycles. The Morgan fingerprint density at radius 3 is 1.95 bits per heavy atom. The maximum absolute atomic E-state index is 10.2. The molecule has 0 bridgehead atoms. The number of fused-ring (bicyclic) bond motifs is 1. The second kappa shape index (κ2) is 12.2. The van der Waals surface area contributed by atoms with Crippen molar-refractivity contribution in [2.75, 3.05) is 6.61 Å². The predicted molar refractivity (Wildman–Crippen MR) is 171 cm³/mol. The lowest BCUT2D eigenvalue weighted by Gasteiger charge is -2.65. The van der Waals surface area contributed by atoms with Crippen molar-refractivity contribution in [3.63, 3.8) is 0 Å². The summed E-state index contributed by atoms with van der Waals surface area (Å²) in [6.45, 7) is 16.2. The van der Waals surface area contributed by atoms with Gasteiger partial charge in [-0.25, -0.2) is 0 Å². The molecule has 3 aromatic carbocycles. The SMILES string of the molecule is CCCCCc1ccc2c(c1)OC(C)(C)C(CCCO)(O[SiH](c1ccccc1)c1ccccc1)C2(C)C(C)(C)C. The van der Waals surface area contributed by atoms with Crippen molar-refractivity contribution in [1.82, 2.24) is 0 Å². The second-order valence-corrected chi connectivity index (χ2v) is 15.6. The Hall–Kier alpha value is -2.40. The topological polar surface area (TPSA) is 38.7 Å². The second-order valence-electron chi connectivity index (χ2n) is 13.2. The molecule has 216 valence electrons. The van der Waals surface area contributed by atoms with Gasteiger partial charge in [0.25, 0.3) is 0 Å². The van der Waals surface area contributed by atoms with Gasteiger partial charge in [0.1, 0.15) is 17.0 Å². The normalized spacial score (nSPS) is 22.1. The number of aliphatic hydroxyl groups excluding tert-OH is 1. The fraction of sp³-hybridized carbons (Fsp3) is 0.500. The first-order valence-electron chi connectivity index (χ1n) is 15.2. The minimum atomic E-state index is -2.17. The van der Waals surface area contributed by atoms with Gasteiger partial charge in [-0.3, -0.25) is 0 Å². The van der Waals surface area contributed by atoms with Crippen LogP contribution >= 0.6 is 0 Å². The van der Waals surface area contributed by atoms with Crippen LogP contribution in [0.4, 0.5) is 0 Å². The van der Waals surface area contributed by atoms with Gasteiger partial charge in [0, 0.05) is 17.6 Å². The molecular weight excluding hydrogens is 508 g/mol. The summed E-state index contributed by atoms with van der Waals surface area (Å²) in [5, 5.41) is 12.7. The van der Waals surface area contributed by atoms with Gasteiger partial charge >= 0.3 is 0 Å². The van der Waals surface area contributed by atoms with E-state index in [4.69, 9.17) is 9.16 Å². The van der Waals surface area contributed by atoms with Crippen molar-refractivity contribution in [3.8, 4) is 5.75 Å². The van der Waals surface area contributed by atoms with E-state index in [0.717, 1.165) is 12.2 Å². The minimum Gasteiger partial charge on any atom is -0.485 e. The molecule has 3 nitrogen and oxygen atoms in total. The van der Waals surface area contributed by atoms with E-state index in [-0.39, 0.29) is 12.0 Å². The molecule has 0 amide bonds. The van der Waals surface area contributed by atoms with Crippen LogP contribution in [0.25, 0.3) is 0 Å². The number of rotatable bonds is 11. The number of aliphatic hydroxyl groups is 1. The minimum absolute atomic E-state index is 0.119. The van der Waals surface area contributed by atoms with Crippen molar-refractivity contribution >= 4 is 19.4 Å². The van der Waals surface area contributed by atoms with Crippen LogP contribution in [-0.2, 0) is 16.3 Å². The highest BCUT2D eigenvalue weighted by molar-refractivity contribution is 6.80. The molecule has 2 atom stereocenters. The number of unbranched alkanes of at least 4 members (excludes halogenated alkanes) is 2. The molecule has 1 heterocycles. The van der Waals surface area contributed by atoms with E-state index >= 15 is 0 Å². The van der Waals surface area contributed by atoms with E-state index in [1.165, 1.54) is 40.8 Å². The Morgan fingerprint density at radius 2 is 1.43 bits per heavy atom. The van der Waals surface area contributed by atoms with Crippen molar-refractivity contribution in [1.29, 1.82) is 0 Å². The zero-order valence-electron chi connectivity index (χ0n) is 25.8. The van der Waals surface area contributed by atoms with E-state index < -0.39 is 25.7 Å². The fourth-order valence-electron chi connectivity index (χ4n) is 6.97. The number of hydrogen-bond acceptors (Lipinski definition) is 3. The molecule has 40 heavy (non-hydrogen) atoms.